The van der Waals surface area contributed by atoms with Crippen LogP contribution in [0.2, 0.25) is 0 Å². The Labute approximate surface area is 166 Å². The summed E-state index contributed by atoms with van der Waals surface area (Å²) >= 11 is 1.56. The maximum atomic E-state index is 9.58. The topological polar surface area (TPSA) is 69.9 Å². The van der Waals surface area contributed by atoms with E-state index in [4.69, 9.17) is 4.99 Å². The van der Waals surface area contributed by atoms with Gasteiger partial charge in [0.2, 0.25) is 0 Å². The monoisotopic (exact) mass is 386 g/mol. The molecule has 1 aromatic heterocycles. The van der Waals surface area contributed by atoms with E-state index in [-0.39, 0.29) is 5.75 Å². The SMILES string of the molecule is Cc1ccc(N=C(N/N=C/c2cccc(O)c2)c2nc3ccccc3s2)cc1. The highest BCUT2D eigenvalue weighted by molar-refractivity contribution is 7.20. The van der Waals surface area contributed by atoms with Crippen molar-refractivity contribution in [2.24, 2.45) is 10.1 Å². The number of benzene rings is 3. The second-order valence-corrected chi connectivity index (χ2v) is 7.28. The lowest BCUT2D eigenvalue weighted by Gasteiger charge is -2.03. The number of aromatic hydroxyl groups is 1. The number of phenolic OH excluding ortho intramolecular Hbond substituents is 1. The molecule has 0 fully saturated rings. The number of rotatable bonds is 4. The molecule has 0 atom stereocenters. The lowest BCUT2D eigenvalue weighted by atomic mass is 10.2. The van der Waals surface area contributed by atoms with Gasteiger partial charge in [0, 0.05) is 0 Å². The van der Waals surface area contributed by atoms with Crippen molar-refractivity contribution >= 4 is 39.3 Å². The van der Waals surface area contributed by atoms with Gasteiger partial charge < -0.3 is 5.11 Å². The standard InChI is InChI=1S/C22H18N4OS/c1-15-9-11-17(12-10-15)24-21(22-25-19-7-2-3-8-20(19)28-22)26-23-14-16-5-4-6-18(27)13-16/h2-14,27H,1H3,(H,24,26)/b23-14+. The van der Waals surface area contributed by atoms with Gasteiger partial charge in [0.25, 0.3) is 0 Å². The van der Waals surface area contributed by atoms with Crippen molar-refractivity contribution in [3.05, 3.63) is 88.9 Å². The summed E-state index contributed by atoms with van der Waals surface area (Å²) in [6, 6.07) is 22.8. The van der Waals surface area contributed by atoms with Gasteiger partial charge >= 0.3 is 0 Å². The Morgan fingerprint density at radius 1 is 1.04 bits per heavy atom. The molecule has 28 heavy (non-hydrogen) atoms. The molecule has 0 amide bonds. The van der Waals surface area contributed by atoms with Crippen molar-refractivity contribution in [2.75, 3.05) is 0 Å². The number of phenols is 1. The number of thiazole rings is 1. The van der Waals surface area contributed by atoms with Crippen LogP contribution in [-0.4, -0.2) is 22.1 Å². The highest BCUT2D eigenvalue weighted by Gasteiger charge is 2.10. The Balaban J connectivity index is 1.67. The summed E-state index contributed by atoms with van der Waals surface area (Å²) < 4.78 is 1.09. The number of fused-ring (bicyclic) bond motifs is 1. The van der Waals surface area contributed by atoms with Gasteiger partial charge in [0.15, 0.2) is 10.8 Å². The van der Waals surface area contributed by atoms with E-state index < -0.39 is 0 Å². The zero-order valence-corrected chi connectivity index (χ0v) is 16.0. The molecule has 0 aliphatic heterocycles. The predicted molar refractivity (Wildman–Crippen MR) is 116 cm³/mol. The molecule has 0 bridgehead atoms. The first kappa shape index (κ1) is 17.9. The van der Waals surface area contributed by atoms with Crippen molar-refractivity contribution in [3.63, 3.8) is 0 Å². The Morgan fingerprint density at radius 3 is 2.64 bits per heavy atom. The van der Waals surface area contributed by atoms with Gasteiger partial charge in [-0.05, 0) is 48.9 Å². The maximum absolute atomic E-state index is 9.58. The molecule has 0 unspecified atom stereocenters. The number of hydrazone groups is 1. The van der Waals surface area contributed by atoms with Crippen LogP contribution in [0.15, 0.2) is 82.9 Å². The third-order valence-electron chi connectivity index (χ3n) is 4.03. The molecular weight excluding hydrogens is 368 g/mol. The van der Waals surface area contributed by atoms with Crippen molar-refractivity contribution < 1.29 is 5.11 Å². The summed E-state index contributed by atoms with van der Waals surface area (Å²) in [6.07, 6.45) is 1.64. The van der Waals surface area contributed by atoms with Crippen LogP contribution in [0.5, 0.6) is 5.75 Å². The molecule has 0 saturated heterocycles. The van der Waals surface area contributed by atoms with Crippen molar-refractivity contribution in [1.82, 2.24) is 10.4 Å². The largest absolute Gasteiger partial charge is 0.508 e. The van der Waals surface area contributed by atoms with E-state index in [2.05, 4.69) is 15.5 Å². The third-order valence-corrected chi connectivity index (χ3v) is 5.07. The number of hydrogen-bond acceptors (Lipinski definition) is 5. The average molecular weight is 386 g/mol. The van der Waals surface area contributed by atoms with Crippen LogP contribution in [0.4, 0.5) is 5.69 Å². The summed E-state index contributed by atoms with van der Waals surface area (Å²) in [6.45, 7) is 2.04. The average Bonchev–Trinajstić information content (AvgIpc) is 3.13. The molecule has 138 valence electrons. The minimum absolute atomic E-state index is 0.198. The first-order valence-electron chi connectivity index (χ1n) is 8.77. The quantitative estimate of drug-likeness (QED) is 0.294. The predicted octanol–water partition coefficient (Wildman–Crippen LogP) is 5.01. The number of amidine groups is 1. The van der Waals surface area contributed by atoms with Gasteiger partial charge in [-0.1, -0.05) is 42.0 Å². The molecule has 0 saturated carbocycles. The van der Waals surface area contributed by atoms with E-state index in [9.17, 15) is 5.11 Å². The van der Waals surface area contributed by atoms with E-state index in [1.165, 1.54) is 5.56 Å². The normalized spacial score (nSPS) is 12.0. The van der Waals surface area contributed by atoms with Crippen LogP contribution in [-0.2, 0) is 0 Å². The first-order chi connectivity index (χ1) is 13.7. The molecule has 0 radical (unpaired) electrons. The van der Waals surface area contributed by atoms with E-state index in [1.807, 2.05) is 61.5 Å². The Hall–Kier alpha value is -3.51. The zero-order valence-electron chi connectivity index (χ0n) is 15.2. The van der Waals surface area contributed by atoms with E-state index in [0.717, 1.165) is 26.5 Å². The second kappa shape index (κ2) is 8.02. The van der Waals surface area contributed by atoms with E-state index >= 15 is 0 Å². The molecular formula is C22H18N4OS. The van der Waals surface area contributed by atoms with Crippen LogP contribution >= 0.6 is 11.3 Å². The molecule has 2 N–H and O–H groups in total. The molecule has 4 aromatic rings. The summed E-state index contributed by atoms with van der Waals surface area (Å²) in [4.78, 5) is 9.38. The second-order valence-electron chi connectivity index (χ2n) is 6.25. The zero-order chi connectivity index (χ0) is 19.3. The molecule has 6 heteroatoms. The van der Waals surface area contributed by atoms with Crippen molar-refractivity contribution in [1.29, 1.82) is 0 Å². The minimum atomic E-state index is 0.198. The molecule has 0 aliphatic carbocycles. The van der Waals surface area contributed by atoms with Gasteiger partial charge in [0.05, 0.1) is 22.1 Å². The van der Waals surface area contributed by atoms with Gasteiger partial charge in [-0.2, -0.15) is 5.10 Å². The summed E-state index contributed by atoms with van der Waals surface area (Å²) in [5.41, 5.74) is 6.72. The smallest absolute Gasteiger partial charge is 0.183 e. The number of para-hydroxylation sites is 1. The molecule has 3 aromatic carbocycles. The molecule has 0 aliphatic rings. The van der Waals surface area contributed by atoms with Gasteiger partial charge in [-0.15, -0.1) is 11.3 Å². The van der Waals surface area contributed by atoms with E-state index in [0.29, 0.717) is 5.84 Å². The fourth-order valence-electron chi connectivity index (χ4n) is 2.62. The van der Waals surface area contributed by atoms with Crippen molar-refractivity contribution in [2.45, 2.75) is 6.92 Å². The number of aryl methyl sites for hydroxylation is 1. The number of nitrogens with zero attached hydrogens (tertiary/aromatic N) is 3. The highest BCUT2D eigenvalue weighted by atomic mass is 32.1. The molecule has 1 heterocycles. The van der Waals surface area contributed by atoms with Gasteiger partial charge in [0.1, 0.15) is 5.75 Å². The number of hydrogen-bond donors (Lipinski definition) is 2. The molecule has 5 nitrogen and oxygen atoms in total. The van der Waals surface area contributed by atoms with Crippen LogP contribution in [0.1, 0.15) is 16.1 Å². The Kier molecular flexibility index (Phi) is 5.12. The summed E-state index contributed by atoms with van der Waals surface area (Å²) in [5.74, 6) is 0.769. The maximum Gasteiger partial charge on any atom is 0.183 e. The minimum Gasteiger partial charge on any atom is -0.508 e. The number of nitrogens with one attached hydrogen (secondary N) is 1. The summed E-state index contributed by atoms with van der Waals surface area (Å²) in [5, 5.41) is 14.6. The number of aliphatic imine (C=N–C) groups is 1. The van der Waals surface area contributed by atoms with Crippen LogP contribution < -0.4 is 5.43 Å². The van der Waals surface area contributed by atoms with Crippen LogP contribution in [0.3, 0.4) is 0 Å². The highest BCUT2D eigenvalue weighted by Crippen LogP contribution is 2.23. The molecule has 0 spiro atoms. The van der Waals surface area contributed by atoms with Gasteiger partial charge in [-0.25, -0.2) is 9.98 Å². The van der Waals surface area contributed by atoms with Crippen molar-refractivity contribution in [3.8, 4) is 5.75 Å². The lowest BCUT2D eigenvalue weighted by molar-refractivity contribution is 0.475. The van der Waals surface area contributed by atoms with Gasteiger partial charge in [-0.3, -0.25) is 5.43 Å². The third kappa shape index (κ3) is 4.24. The van der Waals surface area contributed by atoms with Crippen LogP contribution in [0, 0.1) is 6.92 Å². The Bertz CT molecular complexity index is 1130. The molecule has 4 rings (SSSR count). The Morgan fingerprint density at radius 2 is 1.86 bits per heavy atom. The number of aromatic nitrogens is 1. The fourth-order valence-corrected chi connectivity index (χ4v) is 3.52. The van der Waals surface area contributed by atoms with E-state index in [1.54, 1.807) is 35.8 Å². The lowest BCUT2D eigenvalue weighted by Crippen LogP contribution is -2.18. The fraction of sp³-hybridized carbons (Fsp3) is 0.0455. The first-order valence-corrected chi connectivity index (χ1v) is 9.58. The van der Waals surface area contributed by atoms with Crippen LogP contribution in [0.25, 0.3) is 10.2 Å². The summed E-state index contributed by atoms with van der Waals surface area (Å²) in [7, 11) is 0.